The van der Waals surface area contributed by atoms with Crippen LogP contribution in [-0.4, -0.2) is 27.4 Å². The molecule has 6 heteroatoms. The molecule has 0 aliphatic carbocycles. The van der Waals surface area contributed by atoms with Crippen molar-refractivity contribution in [3.8, 4) is 67.5 Å². The molecule has 24 aromatic carbocycles. The van der Waals surface area contributed by atoms with Gasteiger partial charge in [0.2, 0.25) is 0 Å². The maximum absolute atomic E-state index is 2.42. The van der Waals surface area contributed by atoms with Crippen molar-refractivity contribution in [1.29, 1.82) is 0 Å². The number of hydrogen-bond acceptors (Lipinski definition) is 0. The molecule has 0 radical (unpaired) electrons. The molecule has 30 aromatic rings. The molecule has 138 heavy (non-hydrogen) atoms. The van der Waals surface area contributed by atoms with Crippen LogP contribution in [0, 0.1) is 0 Å². The van der Waals surface area contributed by atoms with Crippen LogP contribution in [0.4, 0.5) is 0 Å². The van der Waals surface area contributed by atoms with Gasteiger partial charge in [-0.1, -0.05) is 334 Å². The molecule has 6 aromatic heterocycles. The summed E-state index contributed by atoms with van der Waals surface area (Å²) in [5.74, 6) is 0. The lowest BCUT2D eigenvalue weighted by Gasteiger charge is -2.11. The second kappa shape index (κ2) is 31.7. The van der Waals surface area contributed by atoms with Gasteiger partial charge in [0.15, 0.2) is 0 Å². The Kier molecular flexibility index (Phi) is 18.0. The van der Waals surface area contributed by atoms with E-state index >= 15 is 0 Å². The number of nitrogens with zero attached hydrogens (tertiary/aromatic N) is 6. The van der Waals surface area contributed by atoms with Gasteiger partial charge in [-0.25, -0.2) is 0 Å². The second-order valence-corrected chi connectivity index (χ2v) is 36.6. The minimum absolute atomic E-state index is 1.18. The fraction of sp³-hybridized carbons (Fsp3) is 0. The highest BCUT2D eigenvalue weighted by molar-refractivity contribution is 6.26. The van der Waals surface area contributed by atoms with Crippen LogP contribution < -0.4 is 0 Å². The topological polar surface area (TPSA) is 29.6 Å². The molecule has 0 bridgehead atoms. The molecule has 0 spiro atoms. The summed E-state index contributed by atoms with van der Waals surface area (Å²) < 4.78 is 14.4. The molecular formula is C132H84N6. The molecule has 0 fully saturated rings. The van der Waals surface area contributed by atoms with E-state index in [4.69, 9.17) is 0 Å². The molecule has 0 saturated carbocycles. The lowest BCUT2D eigenvalue weighted by atomic mass is 9.97. The van der Waals surface area contributed by atoms with Crippen LogP contribution in [0.5, 0.6) is 0 Å². The van der Waals surface area contributed by atoms with Gasteiger partial charge in [-0.05, 0) is 274 Å². The van der Waals surface area contributed by atoms with Gasteiger partial charge < -0.3 is 27.4 Å². The van der Waals surface area contributed by atoms with Crippen LogP contribution in [0.3, 0.4) is 0 Å². The summed E-state index contributed by atoms with van der Waals surface area (Å²) in [7, 11) is 0. The zero-order chi connectivity index (χ0) is 90.6. The third-order valence-electron chi connectivity index (χ3n) is 29.0. The number of rotatable bonds is 9. The third-order valence-corrected chi connectivity index (χ3v) is 29.0. The molecule has 0 aliphatic rings. The second-order valence-electron chi connectivity index (χ2n) is 36.6. The van der Waals surface area contributed by atoms with E-state index in [1.807, 2.05) is 0 Å². The molecule has 30 rings (SSSR count). The van der Waals surface area contributed by atoms with Crippen LogP contribution >= 0.6 is 0 Å². The average Bonchev–Trinajstić information content (AvgIpc) is 1.57. The van der Waals surface area contributed by atoms with Gasteiger partial charge in [-0.15, -0.1) is 0 Å². The van der Waals surface area contributed by atoms with Crippen molar-refractivity contribution >= 4 is 195 Å². The molecule has 0 aliphatic heterocycles. The lowest BCUT2D eigenvalue weighted by molar-refractivity contribution is 1.18. The fourth-order valence-electron chi connectivity index (χ4n) is 22.7. The highest BCUT2D eigenvalue weighted by Crippen LogP contribution is 2.47. The van der Waals surface area contributed by atoms with Crippen molar-refractivity contribution in [2.45, 2.75) is 0 Å². The summed E-state index contributed by atoms with van der Waals surface area (Å²) >= 11 is 0. The van der Waals surface area contributed by atoms with Gasteiger partial charge in [0.05, 0.1) is 66.2 Å². The van der Waals surface area contributed by atoms with E-state index in [1.54, 1.807) is 0 Å². The quantitative estimate of drug-likeness (QED) is 0.138. The van der Waals surface area contributed by atoms with Crippen molar-refractivity contribution in [2.75, 3.05) is 0 Å². The third kappa shape index (κ3) is 12.6. The Balaban J connectivity index is 0.000000102. The van der Waals surface area contributed by atoms with Gasteiger partial charge in [0, 0.05) is 98.8 Å². The van der Waals surface area contributed by atoms with E-state index in [1.165, 1.54) is 263 Å². The zero-order valence-electron chi connectivity index (χ0n) is 75.2. The Morgan fingerprint density at radius 1 is 0.0942 bits per heavy atom. The predicted octanol–water partition coefficient (Wildman–Crippen LogP) is 35.6. The SMILES string of the molecule is c1ccc(-n2c3ccccc3c3c4cc(-c5ccc6c(c5)c5ccccc5n6-c5ccc6ccccc6c5)ccc4ccc32)cc1.c1ccc(-n2c3ccccc3c3c4cc(-c5ccc6c7ccccc7n(-c7ccc8ccccc8c7)c6c5)ccc4ccc32)cc1.c1ccc(-n2c3ccccc3c3c4ccc(-c5ccc6c(c5)c5ccccc5n6-c5ccc6ccccc6c5)cc4ccc32)cc1. The maximum atomic E-state index is 2.42. The largest absolute Gasteiger partial charge is 0.309 e. The Morgan fingerprint density at radius 2 is 0.326 bits per heavy atom. The Morgan fingerprint density at radius 3 is 0.717 bits per heavy atom. The summed E-state index contributed by atoms with van der Waals surface area (Å²) in [5, 5.41) is 30.4. The summed E-state index contributed by atoms with van der Waals surface area (Å²) in [4.78, 5) is 0. The van der Waals surface area contributed by atoms with Crippen LogP contribution in [0.1, 0.15) is 0 Å². The minimum atomic E-state index is 1.18. The first-order valence-electron chi connectivity index (χ1n) is 47.6. The summed E-state index contributed by atoms with van der Waals surface area (Å²) in [6.45, 7) is 0. The van der Waals surface area contributed by atoms with E-state index in [-0.39, 0.29) is 0 Å². The first-order chi connectivity index (χ1) is 68.4. The number of para-hydroxylation sites is 9. The highest BCUT2D eigenvalue weighted by atomic mass is 15.0. The van der Waals surface area contributed by atoms with E-state index < -0.39 is 0 Å². The summed E-state index contributed by atoms with van der Waals surface area (Å²) in [6.07, 6.45) is 0. The van der Waals surface area contributed by atoms with E-state index in [9.17, 15) is 0 Å². The average molecular weight is 1750 g/mol. The van der Waals surface area contributed by atoms with Gasteiger partial charge in [0.25, 0.3) is 0 Å². The van der Waals surface area contributed by atoms with Crippen molar-refractivity contribution < 1.29 is 0 Å². The summed E-state index contributed by atoms with van der Waals surface area (Å²) in [5.41, 5.74) is 29.1. The number of hydrogen-bond donors (Lipinski definition) is 0. The molecule has 0 unspecified atom stereocenters. The van der Waals surface area contributed by atoms with Crippen molar-refractivity contribution in [3.63, 3.8) is 0 Å². The van der Waals surface area contributed by atoms with Gasteiger partial charge in [-0.2, -0.15) is 0 Å². The van der Waals surface area contributed by atoms with Crippen molar-refractivity contribution in [3.05, 3.63) is 510 Å². The molecular weight excluding hydrogens is 1670 g/mol. The zero-order valence-corrected chi connectivity index (χ0v) is 75.2. The first kappa shape index (κ1) is 78.3. The van der Waals surface area contributed by atoms with E-state index in [0.29, 0.717) is 0 Å². The van der Waals surface area contributed by atoms with E-state index in [2.05, 4.69) is 537 Å². The van der Waals surface area contributed by atoms with Crippen LogP contribution in [0.2, 0.25) is 0 Å². The van der Waals surface area contributed by atoms with Crippen molar-refractivity contribution in [1.82, 2.24) is 27.4 Å². The molecule has 0 N–H and O–H groups in total. The standard InChI is InChI=1S/3C44H28N2/c1-2-12-34(13-3-1)45-41-17-9-7-15-38(41)44-36-23-19-31(26-33(36)21-25-43(44)45)32-20-24-42-39(28-32)37-14-6-8-16-40(37)46(42)35-22-18-29-10-4-5-11-30(29)27-35;1-2-12-34(13-3-1)45-41-17-9-7-15-37(41)44-38-27-32(19-18-30(38)21-25-43(44)45)33-22-24-42-39(28-33)36-14-6-8-16-40(36)46(42)35-23-20-29-10-4-5-11-31(29)26-35;1-2-12-34(13-3-1)45-41-17-9-7-15-38(41)44-39-27-32(19-18-30(39)22-25-42(44)45)33-21-24-37-36-14-6-8-16-40(36)46(43(37)28-33)35-23-20-29-10-4-5-11-31(29)26-35/h3*1-28H. The monoisotopic (exact) mass is 1750 g/mol. The number of fused-ring (bicyclic) bond motifs is 27. The highest BCUT2D eigenvalue weighted by Gasteiger charge is 2.24. The Labute approximate surface area is 794 Å². The van der Waals surface area contributed by atoms with Gasteiger partial charge in [0.1, 0.15) is 0 Å². The fourth-order valence-corrected chi connectivity index (χ4v) is 22.7. The van der Waals surface area contributed by atoms with Gasteiger partial charge in [-0.3, -0.25) is 0 Å². The first-order valence-corrected chi connectivity index (χ1v) is 47.6. The van der Waals surface area contributed by atoms with E-state index in [0.717, 1.165) is 0 Å². The number of benzene rings is 24. The number of aromatic nitrogens is 6. The predicted molar refractivity (Wildman–Crippen MR) is 587 cm³/mol. The van der Waals surface area contributed by atoms with Crippen LogP contribution in [-0.2, 0) is 0 Å². The van der Waals surface area contributed by atoms with Gasteiger partial charge >= 0.3 is 0 Å². The normalized spacial score (nSPS) is 11.9. The Bertz CT molecular complexity index is 10200. The van der Waals surface area contributed by atoms with Crippen LogP contribution in [0.15, 0.2) is 510 Å². The van der Waals surface area contributed by atoms with Crippen LogP contribution in [0.25, 0.3) is 263 Å². The molecule has 0 saturated heterocycles. The molecule has 6 nitrogen and oxygen atoms in total. The minimum Gasteiger partial charge on any atom is -0.309 e. The molecule has 642 valence electrons. The molecule has 0 amide bonds. The molecule has 0 atom stereocenters. The maximum Gasteiger partial charge on any atom is 0.0547 e. The molecule has 6 heterocycles. The lowest BCUT2D eigenvalue weighted by Crippen LogP contribution is -1.94. The Hall–Kier alpha value is -18.4. The summed E-state index contributed by atoms with van der Waals surface area (Å²) in [6, 6.07) is 186. The van der Waals surface area contributed by atoms with Crippen molar-refractivity contribution in [2.24, 2.45) is 0 Å². The smallest absolute Gasteiger partial charge is 0.0547 e.